The van der Waals surface area contributed by atoms with E-state index in [0.29, 0.717) is 23.2 Å². The monoisotopic (exact) mass is 387 g/mol. The van der Waals surface area contributed by atoms with Crippen LogP contribution in [0.4, 0.5) is 0 Å². The zero-order valence-corrected chi connectivity index (χ0v) is 16.4. The Morgan fingerprint density at radius 3 is 2.82 bits per heavy atom. The Morgan fingerprint density at radius 2 is 2.07 bits per heavy atom. The Balaban J connectivity index is 1.76. The van der Waals surface area contributed by atoms with Crippen LogP contribution in [0.1, 0.15) is 38.4 Å². The van der Waals surface area contributed by atoms with Gasteiger partial charge >= 0.3 is 0 Å². The predicted octanol–water partition coefficient (Wildman–Crippen LogP) is 1.90. The van der Waals surface area contributed by atoms with E-state index in [9.17, 15) is 4.79 Å². The Morgan fingerprint density at radius 1 is 1.32 bits per heavy atom. The minimum atomic E-state index is -0.581. The zero-order chi connectivity index (χ0) is 19.7. The maximum absolute atomic E-state index is 12.7. The highest BCUT2D eigenvalue weighted by molar-refractivity contribution is 5.78. The van der Waals surface area contributed by atoms with Crippen molar-refractivity contribution in [3.05, 3.63) is 24.0 Å². The van der Waals surface area contributed by atoms with Gasteiger partial charge < -0.3 is 19.1 Å². The van der Waals surface area contributed by atoms with Gasteiger partial charge in [-0.1, -0.05) is 6.92 Å². The van der Waals surface area contributed by atoms with E-state index in [2.05, 4.69) is 22.4 Å². The third-order valence-corrected chi connectivity index (χ3v) is 5.87. The SMILES string of the molecule is COCC(=O)N(C)C1(c2nnnn2-c2ccc3c(c2)OCO3)CCC(C)CC1. The quantitative estimate of drug-likeness (QED) is 0.774. The van der Waals surface area contributed by atoms with Gasteiger partial charge in [0.1, 0.15) is 12.1 Å². The van der Waals surface area contributed by atoms with Gasteiger partial charge in [-0.2, -0.15) is 4.68 Å². The van der Waals surface area contributed by atoms with E-state index in [1.165, 1.54) is 7.11 Å². The standard InChI is InChI=1S/C19H25N5O4/c1-13-6-8-19(9-7-13,23(2)17(25)11-26-3)18-20-21-22-24(18)14-4-5-15-16(10-14)28-12-27-15/h4-5,10,13H,6-9,11-12H2,1-3H3. The number of nitrogens with zero attached hydrogens (tertiary/aromatic N) is 5. The van der Waals surface area contributed by atoms with Crippen molar-refractivity contribution < 1.29 is 19.0 Å². The summed E-state index contributed by atoms with van der Waals surface area (Å²) in [7, 11) is 3.34. The van der Waals surface area contributed by atoms with Crippen molar-refractivity contribution in [2.45, 2.75) is 38.1 Å². The summed E-state index contributed by atoms with van der Waals surface area (Å²) in [4.78, 5) is 14.5. The molecule has 150 valence electrons. The van der Waals surface area contributed by atoms with E-state index in [1.54, 1.807) is 9.58 Å². The van der Waals surface area contributed by atoms with Gasteiger partial charge in [0.25, 0.3) is 0 Å². The molecule has 2 heterocycles. The number of carbonyl (C=O) groups excluding carboxylic acids is 1. The number of fused-ring (bicyclic) bond motifs is 1. The van der Waals surface area contributed by atoms with E-state index < -0.39 is 5.54 Å². The van der Waals surface area contributed by atoms with Crippen molar-refractivity contribution in [2.24, 2.45) is 5.92 Å². The fourth-order valence-electron chi connectivity index (χ4n) is 4.08. The minimum absolute atomic E-state index is 0.0272. The number of likely N-dealkylation sites (N-methyl/N-ethyl adjacent to an activating group) is 1. The number of tetrazole rings is 1. The number of carbonyl (C=O) groups is 1. The van der Waals surface area contributed by atoms with Crippen molar-refractivity contribution in [3.8, 4) is 17.2 Å². The second-order valence-corrected chi connectivity index (χ2v) is 7.55. The summed E-state index contributed by atoms with van der Waals surface area (Å²) in [6, 6.07) is 5.60. The molecular weight excluding hydrogens is 362 g/mol. The topological polar surface area (TPSA) is 91.6 Å². The van der Waals surface area contributed by atoms with E-state index in [4.69, 9.17) is 14.2 Å². The molecule has 1 amide bonds. The molecule has 0 spiro atoms. The number of ether oxygens (including phenoxy) is 3. The lowest BCUT2D eigenvalue weighted by Crippen LogP contribution is -2.51. The molecule has 0 saturated heterocycles. The Kier molecular flexibility index (Phi) is 4.92. The molecule has 9 nitrogen and oxygen atoms in total. The van der Waals surface area contributed by atoms with Gasteiger partial charge in [-0.05, 0) is 54.2 Å². The van der Waals surface area contributed by atoms with Crippen LogP contribution in [0, 0.1) is 5.92 Å². The number of methoxy groups -OCH3 is 1. The van der Waals surface area contributed by atoms with Gasteiger partial charge in [0.2, 0.25) is 12.7 Å². The molecule has 1 fully saturated rings. The van der Waals surface area contributed by atoms with Crippen LogP contribution in [0.2, 0.25) is 0 Å². The van der Waals surface area contributed by atoms with E-state index in [1.807, 2.05) is 25.2 Å². The summed E-state index contributed by atoms with van der Waals surface area (Å²) in [5.74, 6) is 2.54. The van der Waals surface area contributed by atoms with Gasteiger partial charge in [0.05, 0.1) is 5.69 Å². The van der Waals surface area contributed by atoms with Crippen LogP contribution < -0.4 is 9.47 Å². The van der Waals surface area contributed by atoms with Crippen molar-refractivity contribution >= 4 is 5.91 Å². The molecule has 0 N–H and O–H groups in total. The minimum Gasteiger partial charge on any atom is -0.454 e. The first kappa shape index (κ1) is 18.7. The number of hydrogen-bond donors (Lipinski definition) is 0. The summed E-state index contributed by atoms with van der Waals surface area (Å²) in [6.45, 7) is 2.47. The van der Waals surface area contributed by atoms with E-state index in [0.717, 1.165) is 31.4 Å². The number of rotatable bonds is 5. The fourth-order valence-corrected chi connectivity index (χ4v) is 4.08. The molecule has 1 aliphatic carbocycles. The number of hydrogen-bond acceptors (Lipinski definition) is 7. The Labute approximate surface area is 163 Å². The second kappa shape index (κ2) is 7.38. The molecule has 28 heavy (non-hydrogen) atoms. The normalized spacial score (nSPS) is 23.6. The lowest BCUT2D eigenvalue weighted by Gasteiger charge is -2.44. The molecule has 0 unspecified atom stereocenters. The Bertz CT molecular complexity index is 860. The van der Waals surface area contributed by atoms with Gasteiger partial charge in [-0.3, -0.25) is 4.79 Å². The number of aromatic nitrogens is 4. The predicted molar refractivity (Wildman–Crippen MR) is 99.2 cm³/mol. The van der Waals surface area contributed by atoms with Crippen molar-refractivity contribution in [1.82, 2.24) is 25.1 Å². The van der Waals surface area contributed by atoms with Gasteiger partial charge in [-0.25, -0.2) is 0 Å². The molecule has 0 radical (unpaired) electrons. The van der Waals surface area contributed by atoms with E-state index >= 15 is 0 Å². The van der Waals surface area contributed by atoms with Gasteiger partial charge in [0, 0.05) is 20.2 Å². The zero-order valence-electron chi connectivity index (χ0n) is 16.4. The molecule has 1 aliphatic heterocycles. The first-order valence-corrected chi connectivity index (χ1v) is 9.49. The van der Waals surface area contributed by atoms with Crippen LogP contribution in [0.5, 0.6) is 11.5 Å². The molecule has 9 heteroatoms. The maximum atomic E-state index is 12.7. The van der Waals surface area contributed by atoms with Crippen LogP contribution in [-0.2, 0) is 15.1 Å². The molecule has 0 atom stereocenters. The lowest BCUT2D eigenvalue weighted by molar-refractivity contribution is -0.142. The summed E-state index contributed by atoms with van der Waals surface area (Å²) < 4.78 is 17.7. The summed E-state index contributed by atoms with van der Waals surface area (Å²) in [6.07, 6.45) is 3.59. The highest BCUT2D eigenvalue weighted by Gasteiger charge is 2.46. The van der Waals surface area contributed by atoms with Crippen LogP contribution in [0.15, 0.2) is 18.2 Å². The second-order valence-electron chi connectivity index (χ2n) is 7.55. The summed E-state index contributed by atoms with van der Waals surface area (Å²) >= 11 is 0. The van der Waals surface area contributed by atoms with Crippen LogP contribution in [0.25, 0.3) is 5.69 Å². The fraction of sp³-hybridized carbons (Fsp3) is 0.579. The molecular formula is C19H25N5O4. The molecule has 1 aromatic heterocycles. The third-order valence-electron chi connectivity index (χ3n) is 5.87. The molecule has 0 bridgehead atoms. The molecule has 1 saturated carbocycles. The molecule has 4 rings (SSSR count). The largest absolute Gasteiger partial charge is 0.454 e. The van der Waals surface area contributed by atoms with Gasteiger partial charge in [0.15, 0.2) is 17.3 Å². The number of amides is 1. The number of benzene rings is 1. The maximum Gasteiger partial charge on any atom is 0.249 e. The summed E-state index contributed by atoms with van der Waals surface area (Å²) in [5, 5.41) is 12.5. The van der Waals surface area contributed by atoms with Crippen LogP contribution >= 0.6 is 0 Å². The average molecular weight is 387 g/mol. The first-order chi connectivity index (χ1) is 13.5. The van der Waals surface area contributed by atoms with Crippen molar-refractivity contribution in [1.29, 1.82) is 0 Å². The third kappa shape index (κ3) is 3.09. The van der Waals surface area contributed by atoms with Crippen LogP contribution in [0.3, 0.4) is 0 Å². The van der Waals surface area contributed by atoms with Crippen LogP contribution in [-0.4, -0.2) is 58.6 Å². The summed E-state index contributed by atoms with van der Waals surface area (Å²) in [5.41, 5.74) is 0.192. The first-order valence-electron chi connectivity index (χ1n) is 9.49. The van der Waals surface area contributed by atoms with Crippen molar-refractivity contribution in [3.63, 3.8) is 0 Å². The highest BCUT2D eigenvalue weighted by Crippen LogP contribution is 2.43. The smallest absolute Gasteiger partial charge is 0.249 e. The molecule has 2 aliphatic rings. The van der Waals surface area contributed by atoms with E-state index in [-0.39, 0.29) is 19.3 Å². The van der Waals surface area contributed by atoms with Gasteiger partial charge in [-0.15, -0.1) is 5.10 Å². The molecule has 2 aromatic rings. The molecule has 1 aromatic carbocycles. The lowest BCUT2D eigenvalue weighted by atomic mass is 9.75. The Hall–Kier alpha value is -2.68. The highest BCUT2D eigenvalue weighted by atomic mass is 16.7. The van der Waals surface area contributed by atoms with Crippen molar-refractivity contribution in [2.75, 3.05) is 27.6 Å². The average Bonchev–Trinajstić information content (AvgIpc) is 3.37.